The summed E-state index contributed by atoms with van der Waals surface area (Å²) < 4.78 is 0. The van der Waals surface area contributed by atoms with E-state index in [4.69, 9.17) is 5.73 Å². The highest BCUT2D eigenvalue weighted by molar-refractivity contribution is 6.23. The first kappa shape index (κ1) is 15.1. The number of carbonyl (C=O) groups is 1. The number of hydrogen-bond acceptors (Lipinski definition) is 5. The summed E-state index contributed by atoms with van der Waals surface area (Å²) in [5.74, 6) is 1.06. The average molecular weight is 306 g/mol. The lowest BCUT2D eigenvalue weighted by Gasteiger charge is -2.17. The molecule has 3 N–H and O–H groups in total. The van der Waals surface area contributed by atoms with Gasteiger partial charge in [0.05, 0.1) is 0 Å². The van der Waals surface area contributed by atoms with Crippen LogP contribution in [-0.2, 0) is 4.79 Å². The first-order valence-corrected chi connectivity index (χ1v) is 6.29. The molecular formula is C14H16ClN5O. The van der Waals surface area contributed by atoms with E-state index in [-0.39, 0.29) is 18.3 Å². The number of nitrogen functional groups attached to an aromatic ring is 1. The van der Waals surface area contributed by atoms with Crippen molar-refractivity contribution in [2.24, 2.45) is 9.98 Å². The van der Waals surface area contributed by atoms with Gasteiger partial charge in [0.2, 0.25) is 5.91 Å². The number of amides is 1. The van der Waals surface area contributed by atoms with Gasteiger partial charge in [-0.05, 0) is 24.3 Å². The highest BCUT2D eigenvalue weighted by atomic mass is 35.5. The number of halogens is 1. The van der Waals surface area contributed by atoms with Crippen LogP contribution in [0.15, 0.2) is 40.0 Å². The fourth-order valence-electron chi connectivity index (χ4n) is 2.19. The van der Waals surface area contributed by atoms with Gasteiger partial charge in [-0.25, -0.2) is 9.98 Å². The minimum absolute atomic E-state index is 0. The van der Waals surface area contributed by atoms with Gasteiger partial charge in [0.25, 0.3) is 0 Å². The summed E-state index contributed by atoms with van der Waals surface area (Å²) in [6, 6.07) is 5.60. The molecule has 3 rings (SSSR count). The zero-order chi connectivity index (χ0) is 14.3. The van der Waals surface area contributed by atoms with E-state index in [0.29, 0.717) is 23.8 Å². The summed E-state index contributed by atoms with van der Waals surface area (Å²) >= 11 is 0. The van der Waals surface area contributed by atoms with E-state index in [1.165, 1.54) is 0 Å². The predicted molar refractivity (Wildman–Crippen MR) is 87.2 cm³/mol. The Bertz CT molecular complexity index is 691. The van der Waals surface area contributed by atoms with Crippen LogP contribution in [0.2, 0.25) is 0 Å². The quantitative estimate of drug-likeness (QED) is 0.808. The molecule has 7 heteroatoms. The predicted octanol–water partition coefficient (Wildman–Crippen LogP) is 1.32. The maximum absolute atomic E-state index is 11.4. The van der Waals surface area contributed by atoms with Crippen molar-refractivity contribution in [3.63, 3.8) is 0 Å². The Labute approximate surface area is 128 Å². The molecule has 2 heterocycles. The molecule has 1 aromatic rings. The van der Waals surface area contributed by atoms with Gasteiger partial charge in [0.1, 0.15) is 5.70 Å². The second-order valence-corrected chi connectivity index (χ2v) is 4.91. The van der Waals surface area contributed by atoms with Crippen LogP contribution in [0.3, 0.4) is 0 Å². The summed E-state index contributed by atoms with van der Waals surface area (Å²) in [6.45, 7) is 0. The molecule has 1 aromatic carbocycles. The molecule has 0 fully saturated rings. The maximum atomic E-state index is 11.4. The van der Waals surface area contributed by atoms with Crippen molar-refractivity contribution in [3.8, 4) is 0 Å². The molecule has 2 aliphatic heterocycles. The largest absolute Gasteiger partial charge is 0.399 e. The molecule has 110 valence electrons. The highest BCUT2D eigenvalue weighted by Gasteiger charge is 2.24. The van der Waals surface area contributed by atoms with Crippen LogP contribution in [0.5, 0.6) is 0 Å². The average Bonchev–Trinajstić information content (AvgIpc) is 2.81. The summed E-state index contributed by atoms with van der Waals surface area (Å²) in [5.41, 5.74) is 9.07. The van der Waals surface area contributed by atoms with Crippen molar-refractivity contribution < 1.29 is 4.79 Å². The lowest BCUT2D eigenvalue weighted by molar-refractivity contribution is -0.119. The number of fused-ring (bicyclic) bond motifs is 1. The van der Waals surface area contributed by atoms with Gasteiger partial charge in [-0.3, -0.25) is 4.79 Å². The van der Waals surface area contributed by atoms with E-state index < -0.39 is 0 Å². The van der Waals surface area contributed by atoms with Crippen LogP contribution in [0.4, 0.5) is 11.4 Å². The number of anilines is 2. The van der Waals surface area contributed by atoms with Crippen LogP contribution in [-0.4, -0.2) is 31.7 Å². The molecular weight excluding hydrogens is 290 g/mol. The molecule has 0 aliphatic carbocycles. The Balaban J connectivity index is 0.00000161. The lowest BCUT2D eigenvalue weighted by Crippen LogP contribution is -2.33. The first-order chi connectivity index (χ1) is 9.54. The smallest absolute Gasteiger partial charge is 0.229 e. The monoisotopic (exact) mass is 305 g/mol. The van der Waals surface area contributed by atoms with Crippen molar-refractivity contribution in [2.75, 3.05) is 24.7 Å². The van der Waals surface area contributed by atoms with E-state index in [1.807, 2.05) is 37.2 Å². The molecule has 0 bridgehead atoms. The summed E-state index contributed by atoms with van der Waals surface area (Å²) in [5, 5.41) is 2.73. The topological polar surface area (TPSA) is 83.1 Å². The van der Waals surface area contributed by atoms with Gasteiger partial charge in [-0.15, -0.1) is 12.4 Å². The molecule has 0 atom stereocenters. The molecule has 0 radical (unpaired) electrons. The minimum atomic E-state index is -0.0610. The minimum Gasteiger partial charge on any atom is -0.399 e. The fourth-order valence-corrected chi connectivity index (χ4v) is 2.19. The van der Waals surface area contributed by atoms with Crippen molar-refractivity contribution in [1.82, 2.24) is 5.32 Å². The molecule has 6 nitrogen and oxygen atoms in total. The number of aliphatic imine (C=N–C) groups is 2. The van der Waals surface area contributed by atoms with Crippen LogP contribution >= 0.6 is 12.4 Å². The number of amidine groups is 2. The van der Waals surface area contributed by atoms with E-state index in [2.05, 4.69) is 15.3 Å². The van der Waals surface area contributed by atoms with E-state index in [1.54, 1.807) is 6.08 Å². The molecule has 0 unspecified atom stereocenters. The zero-order valence-corrected chi connectivity index (χ0v) is 12.6. The van der Waals surface area contributed by atoms with Crippen LogP contribution in [0.1, 0.15) is 12.0 Å². The number of nitrogens with zero attached hydrogens (tertiary/aromatic N) is 3. The Morgan fingerprint density at radius 2 is 2.05 bits per heavy atom. The molecule has 0 aromatic heterocycles. The third-order valence-corrected chi connectivity index (χ3v) is 3.17. The molecule has 0 saturated heterocycles. The fraction of sp³-hybridized carbons (Fsp3) is 0.214. The van der Waals surface area contributed by atoms with Gasteiger partial charge in [-0.1, -0.05) is 0 Å². The second-order valence-electron chi connectivity index (χ2n) is 4.91. The van der Waals surface area contributed by atoms with E-state index in [0.717, 1.165) is 16.9 Å². The summed E-state index contributed by atoms with van der Waals surface area (Å²) in [6.07, 6.45) is 2.13. The molecule has 0 saturated carbocycles. The lowest BCUT2D eigenvalue weighted by atomic mass is 10.1. The van der Waals surface area contributed by atoms with Gasteiger partial charge < -0.3 is 16.0 Å². The van der Waals surface area contributed by atoms with Crippen molar-refractivity contribution in [2.45, 2.75) is 6.42 Å². The zero-order valence-electron chi connectivity index (χ0n) is 11.8. The SMILES string of the molecule is CN(C)c1cc(N)ccc1C1=NC2=CCC(=O)NC2=N1.Cl. The Kier molecular flexibility index (Phi) is 3.99. The molecule has 0 spiro atoms. The summed E-state index contributed by atoms with van der Waals surface area (Å²) in [4.78, 5) is 22.2. The van der Waals surface area contributed by atoms with Gasteiger partial charge in [0.15, 0.2) is 11.7 Å². The summed E-state index contributed by atoms with van der Waals surface area (Å²) in [7, 11) is 3.88. The second kappa shape index (κ2) is 5.57. The number of carbonyl (C=O) groups excluding carboxylic acids is 1. The van der Waals surface area contributed by atoms with Crippen LogP contribution in [0.25, 0.3) is 0 Å². The standard InChI is InChI=1S/C14H15N5O.ClH/c1-19(2)11-7-8(15)3-4-9(11)13-16-10-5-6-12(20)17-14(10)18-13;/h3-5,7H,6,15H2,1-2H3,(H,16,17,18,20);1H. The number of rotatable bonds is 2. The van der Waals surface area contributed by atoms with Crippen molar-refractivity contribution in [1.29, 1.82) is 0 Å². The van der Waals surface area contributed by atoms with Crippen molar-refractivity contribution in [3.05, 3.63) is 35.5 Å². The third-order valence-electron chi connectivity index (χ3n) is 3.17. The molecule has 2 aliphatic rings. The first-order valence-electron chi connectivity index (χ1n) is 6.29. The number of nitrogens with one attached hydrogen (secondary N) is 1. The molecule has 1 amide bonds. The normalized spacial score (nSPS) is 16.1. The van der Waals surface area contributed by atoms with E-state index >= 15 is 0 Å². The van der Waals surface area contributed by atoms with E-state index in [9.17, 15) is 4.79 Å². The number of nitrogens with two attached hydrogens (primary N) is 1. The van der Waals surface area contributed by atoms with Gasteiger partial charge >= 0.3 is 0 Å². The Morgan fingerprint density at radius 1 is 1.29 bits per heavy atom. The maximum Gasteiger partial charge on any atom is 0.229 e. The number of benzene rings is 1. The highest BCUT2D eigenvalue weighted by Crippen LogP contribution is 2.26. The Hall–Kier alpha value is -2.34. The number of hydrogen-bond donors (Lipinski definition) is 2. The van der Waals surface area contributed by atoms with Crippen molar-refractivity contribution >= 4 is 41.4 Å². The van der Waals surface area contributed by atoms with Gasteiger partial charge in [-0.2, -0.15) is 0 Å². The molecule has 21 heavy (non-hydrogen) atoms. The Morgan fingerprint density at radius 3 is 2.76 bits per heavy atom. The van der Waals surface area contributed by atoms with Crippen LogP contribution < -0.4 is 16.0 Å². The van der Waals surface area contributed by atoms with Crippen LogP contribution in [0, 0.1) is 0 Å². The van der Waals surface area contributed by atoms with Gasteiger partial charge in [0, 0.05) is 37.5 Å². The third kappa shape index (κ3) is 2.75.